The summed E-state index contributed by atoms with van der Waals surface area (Å²) in [6.45, 7) is 2.59. The molecular formula is C17H38ClNO. The summed E-state index contributed by atoms with van der Waals surface area (Å²) < 4.78 is 0.883. The first-order valence-corrected chi connectivity index (χ1v) is 8.44. The van der Waals surface area contributed by atoms with Crippen molar-refractivity contribution >= 4 is 0 Å². The first kappa shape index (κ1) is 22.5. The normalized spacial score (nSPS) is 13.1. The van der Waals surface area contributed by atoms with Crippen molar-refractivity contribution in [3.05, 3.63) is 0 Å². The van der Waals surface area contributed by atoms with Gasteiger partial charge in [-0.3, -0.25) is 0 Å². The van der Waals surface area contributed by atoms with Crippen molar-refractivity contribution in [3.8, 4) is 0 Å². The van der Waals surface area contributed by atoms with Crippen LogP contribution in [0.4, 0.5) is 0 Å². The molecule has 1 N–H and O–H groups in total. The average molecular weight is 308 g/mol. The van der Waals surface area contributed by atoms with Crippen LogP contribution in [0.25, 0.3) is 0 Å². The number of hydrogen-bond donors (Lipinski definition) is 1. The molecule has 2 nitrogen and oxygen atoms in total. The van der Waals surface area contributed by atoms with Gasteiger partial charge in [-0.05, 0) is 6.42 Å². The fourth-order valence-electron chi connectivity index (χ4n) is 2.59. The Kier molecular flexibility index (Phi) is 15.9. The molecule has 0 amide bonds. The zero-order valence-electron chi connectivity index (χ0n) is 14.3. The van der Waals surface area contributed by atoms with Gasteiger partial charge in [0.05, 0.1) is 27.7 Å². The van der Waals surface area contributed by atoms with Crippen LogP contribution in [0.1, 0.15) is 77.6 Å². The lowest BCUT2D eigenvalue weighted by molar-refractivity contribution is -0.897. The van der Waals surface area contributed by atoms with Gasteiger partial charge >= 0.3 is 0 Å². The highest BCUT2D eigenvalue weighted by Crippen LogP contribution is 2.14. The molecule has 0 aromatic carbocycles. The fourth-order valence-corrected chi connectivity index (χ4v) is 2.59. The van der Waals surface area contributed by atoms with E-state index in [4.69, 9.17) is 0 Å². The van der Waals surface area contributed by atoms with Gasteiger partial charge in [-0.25, -0.2) is 0 Å². The Hall–Kier alpha value is 0.210. The number of rotatable bonds is 13. The number of aliphatic hydroxyl groups is 1. The Balaban J connectivity index is 0. The van der Waals surface area contributed by atoms with Gasteiger partial charge in [0.1, 0.15) is 6.04 Å². The number of halogens is 1. The number of hydrogen-bond acceptors (Lipinski definition) is 1. The third kappa shape index (κ3) is 13.2. The molecule has 0 aliphatic carbocycles. The Morgan fingerprint density at radius 1 is 0.750 bits per heavy atom. The molecule has 0 aromatic rings. The molecule has 0 aliphatic heterocycles. The van der Waals surface area contributed by atoms with Gasteiger partial charge in [-0.1, -0.05) is 64.7 Å². The Morgan fingerprint density at radius 3 is 1.50 bits per heavy atom. The highest BCUT2D eigenvalue weighted by Gasteiger charge is 2.21. The van der Waals surface area contributed by atoms with E-state index in [0.717, 1.165) is 10.9 Å². The summed E-state index contributed by atoms with van der Waals surface area (Å²) in [5, 5.41) is 9.39. The van der Waals surface area contributed by atoms with Crippen molar-refractivity contribution in [2.45, 2.75) is 83.6 Å². The first-order valence-electron chi connectivity index (χ1n) is 8.44. The van der Waals surface area contributed by atoms with Crippen LogP contribution in [0.5, 0.6) is 0 Å². The topological polar surface area (TPSA) is 20.2 Å². The molecule has 1 unspecified atom stereocenters. The van der Waals surface area contributed by atoms with Crippen molar-refractivity contribution in [2.24, 2.45) is 0 Å². The molecule has 3 heteroatoms. The van der Waals surface area contributed by atoms with Gasteiger partial charge in [0.2, 0.25) is 0 Å². The van der Waals surface area contributed by atoms with Crippen molar-refractivity contribution in [1.29, 1.82) is 0 Å². The molecule has 0 rings (SSSR count). The molecule has 0 aliphatic rings. The quantitative estimate of drug-likeness (QED) is 0.402. The van der Waals surface area contributed by atoms with Crippen LogP contribution in [-0.2, 0) is 0 Å². The molecule has 0 saturated heterocycles. The van der Waals surface area contributed by atoms with E-state index in [-0.39, 0.29) is 12.4 Å². The summed E-state index contributed by atoms with van der Waals surface area (Å²) in [6, 6.07) is 0.411. The maximum absolute atomic E-state index is 9.39. The van der Waals surface area contributed by atoms with Gasteiger partial charge in [-0.2, -0.15) is 0 Å². The van der Waals surface area contributed by atoms with E-state index in [1.807, 2.05) is 0 Å². The molecule has 124 valence electrons. The standard InChI is InChI=1S/C17H38NO.ClH/c1-5-6-7-8-9-10-11-12-13-14-15-17(16-19)18(2,3)4;/h17,19H,5-16H2,1-4H3;1H/q+1;/p-1. The van der Waals surface area contributed by atoms with Gasteiger partial charge in [0.15, 0.2) is 0 Å². The van der Waals surface area contributed by atoms with E-state index in [9.17, 15) is 5.11 Å². The minimum absolute atomic E-state index is 0. The number of quaternary nitrogens is 1. The minimum Gasteiger partial charge on any atom is -1.00 e. The molecule has 0 aromatic heterocycles. The molecule has 0 bridgehead atoms. The summed E-state index contributed by atoms with van der Waals surface area (Å²) in [4.78, 5) is 0. The largest absolute Gasteiger partial charge is 1.00 e. The summed E-state index contributed by atoms with van der Waals surface area (Å²) >= 11 is 0. The highest BCUT2D eigenvalue weighted by atomic mass is 35.5. The van der Waals surface area contributed by atoms with Crippen LogP contribution in [0.2, 0.25) is 0 Å². The summed E-state index contributed by atoms with van der Waals surface area (Å²) in [5.74, 6) is 0. The van der Waals surface area contributed by atoms with Gasteiger partial charge in [-0.15, -0.1) is 0 Å². The van der Waals surface area contributed by atoms with Crippen LogP contribution in [-0.4, -0.2) is 43.4 Å². The van der Waals surface area contributed by atoms with E-state index in [1.165, 1.54) is 64.2 Å². The summed E-state index contributed by atoms with van der Waals surface area (Å²) in [6.07, 6.45) is 15.0. The van der Waals surface area contributed by atoms with Crippen molar-refractivity contribution in [3.63, 3.8) is 0 Å². The molecule has 0 spiro atoms. The van der Waals surface area contributed by atoms with Crippen molar-refractivity contribution < 1.29 is 22.0 Å². The number of likely N-dealkylation sites (N-methyl/N-ethyl adjacent to an activating group) is 1. The average Bonchev–Trinajstić information content (AvgIpc) is 2.34. The molecule has 0 saturated carbocycles. The Bertz CT molecular complexity index is 192. The number of aliphatic hydroxyl groups excluding tert-OH is 1. The maximum Gasteiger partial charge on any atom is 0.112 e. The molecular weight excluding hydrogens is 270 g/mol. The Morgan fingerprint density at radius 2 is 1.15 bits per heavy atom. The van der Waals surface area contributed by atoms with E-state index < -0.39 is 0 Å². The zero-order chi connectivity index (χ0) is 14.6. The summed E-state index contributed by atoms with van der Waals surface area (Å²) in [7, 11) is 6.53. The fraction of sp³-hybridized carbons (Fsp3) is 1.00. The number of nitrogens with zero attached hydrogens (tertiary/aromatic N) is 1. The lowest BCUT2D eigenvalue weighted by atomic mass is 10.0. The van der Waals surface area contributed by atoms with E-state index in [0.29, 0.717) is 12.6 Å². The van der Waals surface area contributed by atoms with E-state index >= 15 is 0 Å². The van der Waals surface area contributed by atoms with Gasteiger partial charge in [0.25, 0.3) is 0 Å². The molecule has 0 radical (unpaired) electrons. The van der Waals surface area contributed by atoms with Crippen LogP contribution in [0, 0.1) is 0 Å². The van der Waals surface area contributed by atoms with Gasteiger partial charge < -0.3 is 22.0 Å². The predicted octanol–water partition coefficient (Wildman–Crippen LogP) is 1.37. The second-order valence-electron chi connectivity index (χ2n) is 6.92. The predicted molar refractivity (Wildman–Crippen MR) is 85.4 cm³/mol. The van der Waals surface area contributed by atoms with Crippen LogP contribution in [0.15, 0.2) is 0 Å². The van der Waals surface area contributed by atoms with Crippen molar-refractivity contribution in [1.82, 2.24) is 0 Å². The van der Waals surface area contributed by atoms with Crippen LogP contribution in [0.3, 0.4) is 0 Å². The van der Waals surface area contributed by atoms with Crippen molar-refractivity contribution in [2.75, 3.05) is 27.7 Å². The molecule has 1 atom stereocenters. The first-order chi connectivity index (χ1) is 9.02. The minimum atomic E-state index is 0. The highest BCUT2D eigenvalue weighted by molar-refractivity contribution is 4.56. The molecule has 0 heterocycles. The van der Waals surface area contributed by atoms with Crippen LogP contribution < -0.4 is 12.4 Å². The second kappa shape index (κ2) is 14.2. The summed E-state index contributed by atoms with van der Waals surface area (Å²) in [5.41, 5.74) is 0. The van der Waals surface area contributed by atoms with E-state index in [2.05, 4.69) is 28.1 Å². The third-order valence-electron chi connectivity index (χ3n) is 4.20. The lowest BCUT2D eigenvalue weighted by Gasteiger charge is -2.33. The van der Waals surface area contributed by atoms with E-state index in [1.54, 1.807) is 0 Å². The zero-order valence-corrected chi connectivity index (χ0v) is 15.1. The number of unbranched alkanes of at least 4 members (excludes halogenated alkanes) is 9. The lowest BCUT2D eigenvalue weighted by Crippen LogP contribution is -3.00. The second-order valence-corrected chi connectivity index (χ2v) is 6.92. The monoisotopic (exact) mass is 307 g/mol. The van der Waals surface area contributed by atoms with Gasteiger partial charge in [0, 0.05) is 6.42 Å². The maximum atomic E-state index is 9.39. The smallest absolute Gasteiger partial charge is 0.112 e. The SMILES string of the molecule is CCCCCCCCCCCCC(CO)[N+](C)(C)C.[Cl-]. The van der Waals surface area contributed by atoms with Crippen LogP contribution >= 0.6 is 0 Å². The molecule has 0 fully saturated rings. The molecule has 20 heavy (non-hydrogen) atoms. The Labute approximate surface area is 133 Å². The third-order valence-corrected chi connectivity index (χ3v) is 4.20.